The van der Waals surface area contributed by atoms with Crippen LogP contribution in [-0.2, 0) is 14.3 Å². The maximum atomic E-state index is 11.2. The molecule has 0 aromatic carbocycles. The van der Waals surface area contributed by atoms with Crippen molar-refractivity contribution in [2.45, 2.75) is 38.8 Å². The maximum Gasteiger partial charge on any atom is 0.407 e. The minimum absolute atomic E-state index is 0.0618. The second-order valence-corrected chi connectivity index (χ2v) is 4.42. The third-order valence-corrected chi connectivity index (χ3v) is 1.56. The highest BCUT2D eigenvalue weighted by Gasteiger charge is 2.17. The molecule has 0 aromatic rings. The Kier molecular flexibility index (Phi) is 5.81. The van der Waals surface area contributed by atoms with Gasteiger partial charge in [-0.2, -0.15) is 0 Å². The lowest BCUT2D eigenvalue weighted by Crippen LogP contribution is -2.41. The van der Waals surface area contributed by atoms with Crippen LogP contribution in [0.25, 0.3) is 0 Å². The predicted molar refractivity (Wildman–Crippen MR) is 58.8 cm³/mol. The van der Waals surface area contributed by atoms with E-state index in [2.05, 4.69) is 10.1 Å². The summed E-state index contributed by atoms with van der Waals surface area (Å²) in [5, 5.41) is 2.47. The Morgan fingerprint density at radius 2 is 1.94 bits per heavy atom. The number of hydrogen-bond acceptors (Lipinski definition) is 5. The molecule has 0 aliphatic rings. The van der Waals surface area contributed by atoms with Crippen LogP contribution in [0, 0.1) is 0 Å². The van der Waals surface area contributed by atoms with Crippen LogP contribution < -0.4 is 11.1 Å². The van der Waals surface area contributed by atoms with Gasteiger partial charge in [0.1, 0.15) is 5.60 Å². The van der Waals surface area contributed by atoms with Gasteiger partial charge in [-0.1, -0.05) is 0 Å². The lowest BCUT2D eigenvalue weighted by molar-refractivity contribution is -0.141. The van der Waals surface area contributed by atoms with Gasteiger partial charge in [0.05, 0.1) is 13.5 Å². The highest BCUT2D eigenvalue weighted by Crippen LogP contribution is 2.06. The van der Waals surface area contributed by atoms with E-state index < -0.39 is 23.7 Å². The van der Waals surface area contributed by atoms with Crippen molar-refractivity contribution in [1.82, 2.24) is 5.32 Å². The summed E-state index contributed by atoms with van der Waals surface area (Å²) >= 11 is 0. The smallest absolute Gasteiger partial charge is 0.407 e. The van der Waals surface area contributed by atoms with Crippen LogP contribution in [0.2, 0.25) is 0 Å². The number of carbonyl (C=O) groups excluding carboxylic acids is 2. The zero-order valence-electron chi connectivity index (χ0n) is 10.2. The van der Waals surface area contributed by atoms with Crippen molar-refractivity contribution in [2.75, 3.05) is 13.7 Å². The molecule has 0 saturated carbocycles. The molecule has 1 amide bonds. The molecule has 16 heavy (non-hydrogen) atoms. The Labute approximate surface area is 95.5 Å². The molecule has 0 fully saturated rings. The topological polar surface area (TPSA) is 90.6 Å². The van der Waals surface area contributed by atoms with Crippen molar-refractivity contribution in [1.29, 1.82) is 0 Å². The first-order valence-corrected chi connectivity index (χ1v) is 5.04. The molecular weight excluding hydrogens is 212 g/mol. The van der Waals surface area contributed by atoms with Crippen LogP contribution in [0.4, 0.5) is 4.79 Å². The van der Waals surface area contributed by atoms with Gasteiger partial charge in [0, 0.05) is 12.6 Å². The van der Waals surface area contributed by atoms with E-state index in [-0.39, 0.29) is 13.0 Å². The Balaban J connectivity index is 3.79. The number of nitrogens with one attached hydrogen (secondary N) is 1. The summed E-state index contributed by atoms with van der Waals surface area (Å²) in [7, 11) is 1.29. The zero-order chi connectivity index (χ0) is 12.8. The van der Waals surface area contributed by atoms with Crippen molar-refractivity contribution >= 4 is 12.1 Å². The van der Waals surface area contributed by atoms with E-state index in [0.29, 0.717) is 0 Å². The van der Waals surface area contributed by atoms with E-state index in [1.807, 2.05) is 0 Å². The second kappa shape index (κ2) is 6.32. The third kappa shape index (κ3) is 8.05. The van der Waals surface area contributed by atoms with Crippen molar-refractivity contribution in [2.24, 2.45) is 5.73 Å². The molecule has 6 heteroatoms. The van der Waals surface area contributed by atoms with Gasteiger partial charge < -0.3 is 20.5 Å². The molecule has 0 spiro atoms. The molecule has 0 aliphatic heterocycles. The minimum atomic E-state index is -0.548. The van der Waals surface area contributed by atoms with Gasteiger partial charge in [0.2, 0.25) is 0 Å². The number of nitrogens with two attached hydrogens (primary N) is 1. The zero-order valence-corrected chi connectivity index (χ0v) is 10.2. The van der Waals surface area contributed by atoms with Crippen LogP contribution in [-0.4, -0.2) is 37.4 Å². The standard InChI is InChI=1S/C10H20N2O4/c1-10(2,3)16-9(14)12-6-7(11)5-8(13)15-4/h7H,5-6,11H2,1-4H3,(H,12,14)/t7-/m0/s1. The molecule has 0 heterocycles. The summed E-state index contributed by atoms with van der Waals surface area (Å²) in [6.45, 7) is 5.47. The molecule has 1 atom stereocenters. The molecule has 0 radical (unpaired) electrons. The first-order chi connectivity index (χ1) is 7.24. The van der Waals surface area contributed by atoms with Gasteiger partial charge in [0.15, 0.2) is 0 Å². The largest absolute Gasteiger partial charge is 0.469 e. The van der Waals surface area contributed by atoms with E-state index in [1.165, 1.54) is 7.11 Å². The normalized spacial score (nSPS) is 12.8. The van der Waals surface area contributed by atoms with Crippen molar-refractivity contribution in [3.8, 4) is 0 Å². The van der Waals surface area contributed by atoms with Crippen LogP contribution in [0.5, 0.6) is 0 Å². The van der Waals surface area contributed by atoms with E-state index in [4.69, 9.17) is 10.5 Å². The number of methoxy groups -OCH3 is 1. The summed E-state index contributed by atoms with van der Waals surface area (Å²) in [4.78, 5) is 22.1. The number of hydrogen-bond donors (Lipinski definition) is 2. The molecule has 0 unspecified atom stereocenters. The summed E-state index contributed by atoms with van der Waals surface area (Å²) in [5.74, 6) is -0.404. The van der Waals surface area contributed by atoms with E-state index in [0.717, 1.165) is 0 Å². The minimum Gasteiger partial charge on any atom is -0.469 e. The first kappa shape index (κ1) is 14.7. The molecular formula is C10H20N2O4. The highest BCUT2D eigenvalue weighted by atomic mass is 16.6. The number of esters is 1. The number of alkyl carbamates (subject to hydrolysis) is 1. The molecule has 0 rings (SSSR count). The molecule has 3 N–H and O–H groups in total. The van der Waals surface area contributed by atoms with E-state index in [9.17, 15) is 9.59 Å². The average molecular weight is 232 g/mol. The lowest BCUT2D eigenvalue weighted by atomic mass is 10.2. The Hall–Kier alpha value is -1.30. The molecule has 0 aliphatic carbocycles. The maximum absolute atomic E-state index is 11.2. The molecule has 0 aromatic heterocycles. The lowest BCUT2D eigenvalue weighted by Gasteiger charge is -2.20. The quantitative estimate of drug-likeness (QED) is 0.685. The fraction of sp³-hybridized carbons (Fsp3) is 0.800. The van der Waals surface area contributed by atoms with E-state index in [1.54, 1.807) is 20.8 Å². The van der Waals surface area contributed by atoms with Gasteiger partial charge in [-0.3, -0.25) is 4.79 Å². The monoisotopic (exact) mass is 232 g/mol. The van der Waals surface area contributed by atoms with Gasteiger partial charge in [-0.15, -0.1) is 0 Å². The molecule has 0 bridgehead atoms. The van der Waals surface area contributed by atoms with Crippen LogP contribution in [0.3, 0.4) is 0 Å². The van der Waals surface area contributed by atoms with Gasteiger partial charge in [-0.05, 0) is 20.8 Å². The number of amides is 1. The van der Waals surface area contributed by atoms with Crippen LogP contribution in [0.15, 0.2) is 0 Å². The summed E-state index contributed by atoms with van der Waals surface area (Å²) in [6.07, 6.45) is -0.487. The average Bonchev–Trinajstić information content (AvgIpc) is 2.12. The van der Waals surface area contributed by atoms with Crippen LogP contribution >= 0.6 is 0 Å². The fourth-order valence-electron chi connectivity index (χ4n) is 0.898. The van der Waals surface area contributed by atoms with Crippen molar-refractivity contribution < 1.29 is 19.1 Å². The molecule has 6 nitrogen and oxygen atoms in total. The molecule has 0 saturated heterocycles. The summed E-state index contributed by atoms with van der Waals surface area (Å²) in [6, 6.07) is -0.472. The Morgan fingerprint density at radius 1 is 1.38 bits per heavy atom. The summed E-state index contributed by atoms with van der Waals surface area (Å²) < 4.78 is 9.44. The van der Waals surface area contributed by atoms with Gasteiger partial charge >= 0.3 is 12.1 Å². The van der Waals surface area contributed by atoms with Gasteiger partial charge in [0.25, 0.3) is 0 Å². The van der Waals surface area contributed by atoms with Gasteiger partial charge in [-0.25, -0.2) is 4.79 Å². The first-order valence-electron chi connectivity index (χ1n) is 5.04. The highest BCUT2D eigenvalue weighted by molar-refractivity contribution is 5.70. The number of rotatable bonds is 4. The SMILES string of the molecule is COC(=O)C[C@H](N)CNC(=O)OC(C)(C)C. The van der Waals surface area contributed by atoms with Crippen molar-refractivity contribution in [3.05, 3.63) is 0 Å². The third-order valence-electron chi connectivity index (χ3n) is 1.56. The summed E-state index contributed by atoms with van der Waals surface area (Å²) in [5.41, 5.74) is 5.05. The van der Waals surface area contributed by atoms with E-state index >= 15 is 0 Å². The predicted octanol–water partition coefficient (Wildman–Crippen LogP) is 0.401. The van der Waals surface area contributed by atoms with Crippen LogP contribution in [0.1, 0.15) is 27.2 Å². The number of carbonyl (C=O) groups is 2. The Morgan fingerprint density at radius 3 is 2.38 bits per heavy atom. The second-order valence-electron chi connectivity index (χ2n) is 4.42. The van der Waals surface area contributed by atoms with Crippen molar-refractivity contribution in [3.63, 3.8) is 0 Å². The Bertz CT molecular complexity index is 248. The molecule has 94 valence electrons. The fourth-order valence-corrected chi connectivity index (χ4v) is 0.898. The number of ether oxygens (including phenoxy) is 2.